The first-order valence-corrected chi connectivity index (χ1v) is 6.44. The maximum atomic E-state index is 13.7. The molecule has 1 rings (SSSR count). The van der Waals surface area contributed by atoms with E-state index in [2.05, 4.69) is 24.8 Å². The summed E-state index contributed by atoms with van der Waals surface area (Å²) in [7, 11) is 0. The summed E-state index contributed by atoms with van der Waals surface area (Å²) in [6.07, 6.45) is 0.460. The third-order valence-electron chi connectivity index (χ3n) is 2.57. The van der Waals surface area contributed by atoms with Crippen LogP contribution < -0.4 is 0 Å². The molecule has 0 saturated heterocycles. The van der Waals surface area contributed by atoms with Gasteiger partial charge in [-0.3, -0.25) is 4.90 Å². The van der Waals surface area contributed by atoms with Gasteiger partial charge in [-0.05, 0) is 18.1 Å². The van der Waals surface area contributed by atoms with Gasteiger partial charge in [0.15, 0.2) is 0 Å². The van der Waals surface area contributed by atoms with Crippen molar-refractivity contribution in [2.75, 3.05) is 13.1 Å². The van der Waals surface area contributed by atoms with Crippen LogP contribution in [0.4, 0.5) is 4.39 Å². The fourth-order valence-corrected chi connectivity index (χ4v) is 2.01. The summed E-state index contributed by atoms with van der Waals surface area (Å²) in [5.74, 6) is 0.201. The van der Waals surface area contributed by atoms with Crippen LogP contribution in [0, 0.1) is 23.1 Å². The molecule has 0 spiro atoms. The van der Waals surface area contributed by atoms with Crippen LogP contribution in [0.5, 0.6) is 0 Å². The predicted octanol–water partition coefficient (Wildman–Crippen LogP) is 3.85. The normalized spacial score (nSPS) is 10.9. The Labute approximate surface area is 113 Å². The molecule has 18 heavy (non-hydrogen) atoms. The summed E-state index contributed by atoms with van der Waals surface area (Å²) in [5, 5.41) is 9.04. The molecule has 2 nitrogen and oxygen atoms in total. The molecule has 0 atom stereocenters. The third-order valence-corrected chi connectivity index (χ3v) is 2.81. The summed E-state index contributed by atoms with van der Waals surface area (Å²) >= 11 is 5.72. The van der Waals surface area contributed by atoms with E-state index in [1.165, 1.54) is 6.07 Å². The summed E-state index contributed by atoms with van der Waals surface area (Å²) in [6.45, 7) is 6.25. The Bertz CT molecular complexity index is 426. The lowest BCUT2D eigenvalue weighted by Crippen LogP contribution is -2.28. The van der Waals surface area contributed by atoms with E-state index in [1.807, 2.05) is 0 Å². The second-order valence-corrected chi connectivity index (χ2v) is 5.21. The van der Waals surface area contributed by atoms with Crippen LogP contribution in [0.3, 0.4) is 0 Å². The average molecular weight is 269 g/mol. The van der Waals surface area contributed by atoms with E-state index in [4.69, 9.17) is 16.9 Å². The second kappa shape index (κ2) is 7.35. The molecule has 0 radical (unpaired) electrons. The lowest BCUT2D eigenvalue weighted by molar-refractivity contribution is 0.238. The smallest absolute Gasteiger partial charge is 0.129 e. The largest absolute Gasteiger partial charge is 0.298 e. The number of rotatable bonds is 6. The van der Waals surface area contributed by atoms with Gasteiger partial charge in [0, 0.05) is 36.6 Å². The van der Waals surface area contributed by atoms with E-state index in [0.717, 1.165) is 6.54 Å². The summed E-state index contributed by atoms with van der Waals surface area (Å²) in [4.78, 5) is 2.10. The van der Waals surface area contributed by atoms with Crippen molar-refractivity contribution in [3.8, 4) is 6.07 Å². The molecule has 0 aliphatic heterocycles. The highest BCUT2D eigenvalue weighted by Crippen LogP contribution is 2.17. The lowest BCUT2D eigenvalue weighted by Gasteiger charge is -2.23. The van der Waals surface area contributed by atoms with Gasteiger partial charge in [-0.15, -0.1) is 0 Å². The first-order valence-electron chi connectivity index (χ1n) is 6.06. The Morgan fingerprint density at radius 3 is 2.72 bits per heavy atom. The van der Waals surface area contributed by atoms with Crippen molar-refractivity contribution in [2.24, 2.45) is 5.92 Å². The second-order valence-electron chi connectivity index (χ2n) is 4.77. The first-order chi connectivity index (χ1) is 8.52. The van der Waals surface area contributed by atoms with Gasteiger partial charge >= 0.3 is 0 Å². The molecule has 0 heterocycles. The van der Waals surface area contributed by atoms with E-state index in [9.17, 15) is 4.39 Å². The molecular weight excluding hydrogens is 251 g/mol. The van der Waals surface area contributed by atoms with Crippen molar-refractivity contribution in [1.29, 1.82) is 5.26 Å². The molecule has 1 aromatic rings. The molecule has 0 fully saturated rings. The van der Waals surface area contributed by atoms with Crippen LogP contribution in [0.1, 0.15) is 25.8 Å². The Morgan fingerprint density at radius 1 is 1.44 bits per heavy atom. The van der Waals surface area contributed by atoms with Crippen LogP contribution in [-0.4, -0.2) is 18.0 Å². The van der Waals surface area contributed by atoms with Crippen molar-refractivity contribution in [3.05, 3.63) is 34.6 Å². The van der Waals surface area contributed by atoms with Crippen LogP contribution >= 0.6 is 11.6 Å². The highest BCUT2D eigenvalue weighted by atomic mass is 35.5. The van der Waals surface area contributed by atoms with E-state index < -0.39 is 0 Å². The van der Waals surface area contributed by atoms with Crippen LogP contribution in [0.15, 0.2) is 18.2 Å². The SMILES string of the molecule is CC(C)CN(CCC#N)Cc1ccc(Cl)cc1F. The zero-order valence-corrected chi connectivity index (χ0v) is 11.5. The van der Waals surface area contributed by atoms with Crippen molar-refractivity contribution >= 4 is 11.6 Å². The molecule has 0 aromatic heterocycles. The number of nitriles is 1. The van der Waals surface area contributed by atoms with Gasteiger partial charge < -0.3 is 0 Å². The monoisotopic (exact) mass is 268 g/mol. The Hall–Kier alpha value is -1.11. The highest BCUT2D eigenvalue weighted by molar-refractivity contribution is 6.30. The molecule has 98 valence electrons. The predicted molar refractivity (Wildman–Crippen MR) is 71.8 cm³/mol. The Balaban J connectivity index is 2.72. The van der Waals surface area contributed by atoms with Gasteiger partial charge in [-0.2, -0.15) is 5.26 Å². The quantitative estimate of drug-likeness (QED) is 0.784. The third kappa shape index (κ3) is 5.03. The summed E-state index contributed by atoms with van der Waals surface area (Å²) in [6, 6.07) is 6.85. The van der Waals surface area contributed by atoms with Crippen LogP contribution in [0.2, 0.25) is 5.02 Å². The zero-order chi connectivity index (χ0) is 13.5. The number of nitrogens with zero attached hydrogens (tertiary/aromatic N) is 2. The van der Waals surface area contributed by atoms with E-state index in [-0.39, 0.29) is 5.82 Å². The fraction of sp³-hybridized carbons (Fsp3) is 0.500. The molecule has 1 aromatic carbocycles. The topological polar surface area (TPSA) is 27.0 Å². The molecule has 0 aliphatic carbocycles. The number of hydrogen-bond donors (Lipinski definition) is 0. The van der Waals surface area contributed by atoms with E-state index in [0.29, 0.717) is 36.0 Å². The molecular formula is C14H18ClFN2. The molecule has 0 unspecified atom stereocenters. The van der Waals surface area contributed by atoms with Gasteiger partial charge in [-0.1, -0.05) is 31.5 Å². The van der Waals surface area contributed by atoms with Gasteiger partial charge in [0.25, 0.3) is 0 Å². The maximum absolute atomic E-state index is 13.7. The maximum Gasteiger partial charge on any atom is 0.129 e. The van der Waals surface area contributed by atoms with Crippen LogP contribution in [0.25, 0.3) is 0 Å². The van der Waals surface area contributed by atoms with Gasteiger partial charge in [0.05, 0.1) is 6.07 Å². The van der Waals surface area contributed by atoms with Gasteiger partial charge in [-0.25, -0.2) is 4.39 Å². The average Bonchev–Trinajstić information content (AvgIpc) is 2.29. The molecule has 0 bridgehead atoms. The van der Waals surface area contributed by atoms with Crippen molar-refractivity contribution in [1.82, 2.24) is 4.90 Å². The first kappa shape index (κ1) is 14.9. The summed E-state index contributed by atoms with van der Waals surface area (Å²) in [5.41, 5.74) is 0.623. The minimum atomic E-state index is -0.284. The molecule has 0 amide bonds. The minimum Gasteiger partial charge on any atom is -0.298 e. The fourth-order valence-electron chi connectivity index (χ4n) is 1.85. The standard InChI is InChI=1S/C14H18ClFN2/c1-11(2)9-18(7-3-6-17)10-12-4-5-13(15)8-14(12)16/h4-5,8,11H,3,7,9-10H2,1-2H3. The Kier molecular flexibility index (Phi) is 6.11. The molecule has 4 heteroatoms. The molecule has 0 N–H and O–H groups in total. The van der Waals surface area contributed by atoms with Crippen molar-refractivity contribution < 1.29 is 4.39 Å². The van der Waals surface area contributed by atoms with Crippen molar-refractivity contribution in [2.45, 2.75) is 26.8 Å². The van der Waals surface area contributed by atoms with E-state index >= 15 is 0 Å². The number of benzene rings is 1. The lowest BCUT2D eigenvalue weighted by atomic mass is 10.1. The minimum absolute atomic E-state index is 0.284. The Morgan fingerprint density at radius 2 is 2.17 bits per heavy atom. The van der Waals surface area contributed by atoms with Gasteiger partial charge in [0.2, 0.25) is 0 Å². The molecule has 0 saturated carbocycles. The van der Waals surface area contributed by atoms with Crippen molar-refractivity contribution in [3.63, 3.8) is 0 Å². The number of hydrogen-bond acceptors (Lipinski definition) is 2. The van der Waals surface area contributed by atoms with Crippen LogP contribution in [-0.2, 0) is 6.54 Å². The highest BCUT2D eigenvalue weighted by Gasteiger charge is 2.11. The summed E-state index contributed by atoms with van der Waals surface area (Å²) < 4.78 is 13.7. The van der Waals surface area contributed by atoms with Gasteiger partial charge in [0.1, 0.15) is 5.82 Å². The van der Waals surface area contributed by atoms with E-state index in [1.54, 1.807) is 12.1 Å². The molecule has 0 aliphatic rings. The zero-order valence-electron chi connectivity index (χ0n) is 10.8. The number of halogens is 2.